The molecule has 0 saturated carbocycles. The first kappa shape index (κ1) is 16.4. The molecule has 112 valence electrons. The van der Waals surface area contributed by atoms with Gasteiger partial charge < -0.3 is 4.74 Å². The van der Waals surface area contributed by atoms with Crippen LogP contribution in [0.25, 0.3) is 0 Å². The van der Waals surface area contributed by atoms with Gasteiger partial charge in [-0.05, 0) is 17.7 Å². The fraction of sp³-hybridized carbons (Fsp3) is 0.300. The van der Waals surface area contributed by atoms with Gasteiger partial charge in [0, 0.05) is 6.54 Å². The lowest BCUT2D eigenvalue weighted by atomic mass is 10.2. The second kappa shape index (κ2) is 6.20. The molecular formula is C10H14N2O6S2. The summed E-state index contributed by atoms with van der Waals surface area (Å²) in [5.41, 5.74) is 0.433. The minimum Gasteiger partial charge on any atom is -0.452 e. The highest BCUT2D eigenvalue weighted by Gasteiger charge is 2.18. The topological polar surface area (TPSA) is 119 Å². The third-order valence-corrected chi connectivity index (χ3v) is 4.13. The van der Waals surface area contributed by atoms with E-state index in [4.69, 9.17) is 0 Å². The molecule has 8 nitrogen and oxygen atoms in total. The molecule has 0 heterocycles. The maximum atomic E-state index is 11.8. The molecule has 1 amide bonds. The average molecular weight is 322 g/mol. The highest BCUT2D eigenvalue weighted by molar-refractivity contribution is 7.90. The molecule has 0 aliphatic rings. The normalized spacial score (nSPS) is 11.9. The predicted octanol–water partition coefficient (Wildman–Crippen LogP) is -0.219. The van der Waals surface area contributed by atoms with E-state index < -0.39 is 26.1 Å². The van der Waals surface area contributed by atoms with Gasteiger partial charge in [0.05, 0.1) is 18.3 Å². The molecule has 0 atom stereocenters. The number of rotatable bonds is 5. The van der Waals surface area contributed by atoms with E-state index >= 15 is 0 Å². The summed E-state index contributed by atoms with van der Waals surface area (Å²) in [7, 11) is -6.39. The van der Waals surface area contributed by atoms with Crippen molar-refractivity contribution in [1.29, 1.82) is 0 Å². The van der Waals surface area contributed by atoms with Crippen LogP contribution in [0.3, 0.4) is 0 Å². The monoisotopic (exact) mass is 322 g/mol. The molecule has 0 bridgehead atoms. The Kier molecular flexibility index (Phi) is 5.09. The van der Waals surface area contributed by atoms with Gasteiger partial charge in [-0.15, -0.1) is 0 Å². The first-order valence-electron chi connectivity index (χ1n) is 5.28. The Morgan fingerprint density at radius 1 is 1.25 bits per heavy atom. The van der Waals surface area contributed by atoms with E-state index in [9.17, 15) is 21.6 Å². The lowest BCUT2D eigenvalue weighted by molar-refractivity contribution is 0.177. The smallest absolute Gasteiger partial charge is 0.420 e. The van der Waals surface area contributed by atoms with Crippen molar-refractivity contribution in [2.45, 2.75) is 11.4 Å². The minimum absolute atomic E-state index is 0.0551. The first-order valence-corrected chi connectivity index (χ1v) is 8.66. The van der Waals surface area contributed by atoms with E-state index in [0.717, 1.165) is 13.4 Å². The summed E-state index contributed by atoms with van der Waals surface area (Å²) in [6.45, 7) is -0.0551. The molecule has 1 rings (SSSR count). The van der Waals surface area contributed by atoms with Crippen molar-refractivity contribution in [2.24, 2.45) is 0 Å². The van der Waals surface area contributed by atoms with Gasteiger partial charge >= 0.3 is 6.09 Å². The van der Waals surface area contributed by atoms with Gasteiger partial charge in [-0.2, -0.15) is 0 Å². The number of nitrogens with one attached hydrogen (secondary N) is 2. The zero-order valence-corrected chi connectivity index (χ0v) is 12.4. The lowest BCUT2D eigenvalue weighted by Crippen LogP contribution is -2.30. The number of carbonyl (C=O) groups excluding carboxylic acids is 1. The molecule has 0 spiro atoms. The summed E-state index contributed by atoms with van der Waals surface area (Å²) in [4.78, 5) is 10.8. The van der Waals surface area contributed by atoms with Crippen molar-refractivity contribution < 1.29 is 26.4 Å². The van der Waals surface area contributed by atoms with Crippen molar-refractivity contribution in [3.8, 4) is 0 Å². The van der Waals surface area contributed by atoms with Gasteiger partial charge in [0.1, 0.15) is 0 Å². The second-order valence-corrected chi connectivity index (χ2v) is 7.35. The molecule has 2 N–H and O–H groups in total. The van der Waals surface area contributed by atoms with Gasteiger partial charge in [0.25, 0.3) is 10.0 Å². The molecule has 0 aliphatic heterocycles. The summed E-state index contributed by atoms with van der Waals surface area (Å²) in [5.74, 6) is 0. The van der Waals surface area contributed by atoms with E-state index in [1.165, 1.54) is 18.2 Å². The maximum absolute atomic E-state index is 11.8. The molecule has 0 saturated heterocycles. The standard InChI is InChI=1S/C10H14N2O6S2/c1-18-10(13)12-20(16,17)9-5-3-4-8(6-9)7-11-19(2,14)15/h3-6,11H,7H2,1-2H3,(H,12,13). The summed E-state index contributed by atoms with van der Waals surface area (Å²) in [6, 6.07) is 5.51. The summed E-state index contributed by atoms with van der Waals surface area (Å²) < 4.78 is 53.7. The number of ether oxygens (including phenoxy) is 1. The third-order valence-electron chi connectivity index (χ3n) is 2.15. The Hall–Kier alpha value is -1.65. The van der Waals surface area contributed by atoms with Gasteiger partial charge in [0.2, 0.25) is 10.0 Å². The van der Waals surface area contributed by atoms with Crippen LogP contribution in [0.15, 0.2) is 29.2 Å². The first-order chi connectivity index (χ1) is 9.14. The van der Waals surface area contributed by atoms with E-state index in [2.05, 4.69) is 9.46 Å². The number of hydrogen-bond donors (Lipinski definition) is 2. The van der Waals surface area contributed by atoms with Crippen LogP contribution in [0.5, 0.6) is 0 Å². The van der Waals surface area contributed by atoms with Crippen LogP contribution in [0.2, 0.25) is 0 Å². The van der Waals surface area contributed by atoms with Crippen molar-refractivity contribution >= 4 is 26.1 Å². The number of benzene rings is 1. The van der Waals surface area contributed by atoms with E-state index in [1.54, 1.807) is 10.8 Å². The second-order valence-electron chi connectivity index (χ2n) is 3.84. The van der Waals surface area contributed by atoms with Gasteiger partial charge in [0.15, 0.2) is 0 Å². The molecule has 10 heteroatoms. The number of sulfonamides is 2. The quantitative estimate of drug-likeness (QED) is 0.773. The number of carbonyl (C=O) groups is 1. The average Bonchev–Trinajstić information content (AvgIpc) is 2.35. The molecule has 0 aliphatic carbocycles. The van der Waals surface area contributed by atoms with Crippen molar-refractivity contribution in [1.82, 2.24) is 9.44 Å². The molecule has 20 heavy (non-hydrogen) atoms. The van der Waals surface area contributed by atoms with Crippen molar-refractivity contribution in [3.05, 3.63) is 29.8 Å². The Morgan fingerprint density at radius 2 is 1.90 bits per heavy atom. The lowest BCUT2D eigenvalue weighted by Gasteiger charge is -2.08. The Morgan fingerprint density at radius 3 is 2.45 bits per heavy atom. The van der Waals surface area contributed by atoms with Crippen LogP contribution in [-0.2, 0) is 31.3 Å². The fourth-order valence-electron chi connectivity index (χ4n) is 1.25. The molecule has 1 aromatic carbocycles. The van der Waals surface area contributed by atoms with Crippen LogP contribution in [-0.4, -0.2) is 36.3 Å². The largest absolute Gasteiger partial charge is 0.452 e. The SMILES string of the molecule is COC(=O)NS(=O)(=O)c1cccc(CNS(C)(=O)=O)c1. The molecule has 0 radical (unpaired) electrons. The third kappa shape index (κ3) is 5.15. The Labute approximate surface area is 117 Å². The van der Waals surface area contributed by atoms with Crippen LogP contribution in [0.4, 0.5) is 4.79 Å². The van der Waals surface area contributed by atoms with Gasteiger partial charge in [-0.3, -0.25) is 0 Å². The highest BCUT2D eigenvalue weighted by atomic mass is 32.2. The molecule has 0 aromatic heterocycles. The number of methoxy groups -OCH3 is 1. The van der Waals surface area contributed by atoms with Crippen molar-refractivity contribution in [2.75, 3.05) is 13.4 Å². The summed E-state index contributed by atoms with van der Waals surface area (Å²) in [6.07, 6.45) is -0.114. The van der Waals surface area contributed by atoms with E-state index in [0.29, 0.717) is 5.56 Å². The van der Waals surface area contributed by atoms with Crippen LogP contribution >= 0.6 is 0 Å². The van der Waals surface area contributed by atoms with Crippen LogP contribution in [0, 0.1) is 0 Å². The predicted molar refractivity (Wildman–Crippen MR) is 70.9 cm³/mol. The Bertz CT molecular complexity index is 696. The zero-order valence-electron chi connectivity index (χ0n) is 10.8. The van der Waals surface area contributed by atoms with E-state index in [1.807, 2.05) is 0 Å². The molecular weight excluding hydrogens is 308 g/mol. The van der Waals surface area contributed by atoms with Gasteiger partial charge in [-0.25, -0.2) is 31.1 Å². The summed E-state index contributed by atoms with van der Waals surface area (Å²) >= 11 is 0. The number of hydrogen-bond acceptors (Lipinski definition) is 6. The van der Waals surface area contributed by atoms with E-state index in [-0.39, 0.29) is 11.4 Å². The molecule has 1 aromatic rings. The van der Waals surface area contributed by atoms with Crippen LogP contribution < -0.4 is 9.44 Å². The fourth-order valence-corrected chi connectivity index (χ4v) is 2.66. The molecule has 0 unspecified atom stereocenters. The number of amides is 1. The van der Waals surface area contributed by atoms with Crippen LogP contribution in [0.1, 0.15) is 5.56 Å². The Balaban J connectivity index is 2.95. The van der Waals surface area contributed by atoms with Crippen molar-refractivity contribution in [3.63, 3.8) is 0 Å². The maximum Gasteiger partial charge on any atom is 0.420 e. The highest BCUT2D eigenvalue weighted by Crippen LogP contribution is 2.11. The summed E-state index contributed by atoms with van der Waals surface area (Å²) in [5, 5.41) is 0. The zero-order chi connectivity index (χ0) is 15.4. The minimum atomic E-state index is -4.05. The van der Waals surface area contributed by atoms with Gasteiger partial charge in [-0.1, -0.05) is 12.1 Å². The molecule has 0 fully saturated rings.